The summed E-state index contributed by atoms with van der Waals surface area (Å²) in [7, 11) is 4.09. The summed E-state index contributed by atoms with van der Waals surface area (Å²) in [5, 5.41) is 0. The Balaban J connectivity index is 2.15. The monoisotopic (exact) mass is 285 g/mol. The molecule has 0 radical (unpaired) electrons. The topological polar surface area (TPSA) is 49.6 Å². The van der Waals surface area contributed by atoms with E-state index in [0.717, 1.165) is 31.5 Å². The molecule has 1 aromatic carbocycles. The Hall–Kier alpha value is -1.83. The molecule has 112 valence electrons. The van der Waals surface area contributed by atoms with Crippen LogP contribution in [0.5, 0.6) is 0 Å². The maximum Gasteiger partial charge on any atom is 0.254 e. The number of likely N-dealkylation sites (N-methyl/N-ethyl adjacent to an activating group) is 1. The second-order valence-corrected chi connectivity index (χ2v) is 5.64. The maximum atomic E-state index is 12.7. The van der Waals surface area contributed by atoms with E-state index in [2.05, 4.69) is 16.7 Å². The van der Waals surface area contributed by atoms with Gasteiger partial charge in [-0.3, -0.25) is 4.79 Å². The Labute approximate surface area is 126 Å². The average Bonchev–Trinajstić information content (AvgIpc) is 2.92. The second kappa shape index (κ2) is 7.26. The lowest BCUT2D eigenvalue weighted by Gasteiger charge is -2.27. The van der Waals surface area contributed by atoms with E-state index in [1.54, 1.807) is 0 Å². The molecule has 1 atom stereocenters. The molecule has 2 rings (SSSR count). The Morgan fingerprint density at radius 3 is 3.00 bits per heavy atom. The zero-order valence-corrected chi connectivity index (χ0v) is 12.8. The third-order valence-electron chi connectivity index (χ3n) is 3.66. The summed E-state index contributed by atoms with van der Waals surface area (Å²) in [4.78, 5) is 16.8. The molecule has 1 saturated heterocycles. The summed E-state index contributed by atoms with van der Waals surface area (Å²) in [6, 6.07) is 7.81. The molecule has 1 heterocycles. The molecule has 21 heavy (non-hydrogen) atoms. The van der Waals surface area contributed by atoms with Gasteiger partial charge in [0.05, 0.1) is 6.54 Å². The van der Waals surface area contributed by atoms with Gasteiger partial charge < -0.3 is 15.5 Å². The van der Waals surface area contributed by atoms with Gasteiger partial charge in [0.25, 0.3) is 5.91 Å². The van der Waals surface area contributed by atoms with Crippen molar-refractivity contribution >= 4 is 5.91 Å². The van der Waals surface area contributed by atoms with Crippen LogP contribution >= 0.6 is 0 Å². The number of carbonyl (C=O) groups excluding carboxylic acids is 1. The van der Waals surface area contributed by atoms with Gasteiger partial charge in [-0.05, 0) is 45.1 Å². The van der Waals surface area contributed by atoms with Gasteiger partial charge >= 0.3 is 0 Å². The number of hydrogen-bond donors (Lipinski definition) is 1. The van der Waals surface area contributed by atoms with E-state index >= 15 is 0 Å². The number of hydrogen-bond acceptors (Lipinski definition) is 3. The van der Waals surface area contributed by atoms with Crippen LogP contribution in [-0.2, 0) is 0 Å². The van der Waals surface area contributed by atoms with Gasteiger partial charge in [0.2, 0.25) is 0 Å². The summed E-state index contributed by atoms with van der Waals surface area (Å²) < 4.78 is 0. The summed E-state index contributed by atoms with van der Waals surface area (Å²) >= 11 is 0. The van der Waals surface area contributed by atoms with Crippen LogP contribution in [-0.4, -0.2) is 55.5 Å². The molecule has 2 N–H and O–H groups in total. The van der Waals surface area contributed by atoms with Crippen LogP contribution in [0.2, 0.25) is 0 Å². The Morgan fingerprint density at radius 2 is 2.29 bits per heavy atom. The van der Waals surface area contributed by atoms with Gasteiger partial charge in [-0.15, -0.1) is 0 Å². The SMILES string of the molecule is CN(C)CC1CCCN1C(=O)c1cccc(C#CCN)c1. The molecular weight excluding hydrogens is 262 g/mol. The van der Waals surface area contributed by atoms with Gasteiger partial charge in [-0.1, -0.05) is 17.9 Å². The minimum atomic E-state index is 0.107. The Bertz CT molecular complexity index is 557. The number of likely N-dealkylation sites (tertiary alicyclic amines) is 1. The minimum Gasteiger partial charge on any atom is -0.334 e. The van der Waals surface area contributed by atoms with Crippen molar-refractivity contribution < 1.29 is 4.79 Å². The highest BCUT2D eigenvalue weighted by Crippen LogP contribution is 2.21. The minimum absolute atomic E-state index is 0.107. The van der Waals surface area contributed by atoms with E-state index in [0.29, 0.717) is 18.2 Å². The van der Waals surface area contributed by atoms with Gasteiger partial charge in [0, 0.05) is 30.3 Å². The molecule has 1 aliphatic heterocycles. The Kier molecular flexibility index (Phi) is 5.38. The van der Waals surface area contributed by atoms with Crippen LogP contribution in [0.3, 0.4) is 0 Å². The van der Waals surface area contributed by atoms with Crippen LogP contribution in [0.4, 0.5) is 0 Å². The summed E-state index contributed by atoms with van der Waals surface area (Å²) in [6.45, 7) is 2.09. The predicted molar refractivity (Wildman–Crippen MR) is 85.0 cm³/mol. The third-order valence-corrected chi connectivity index (χ3v) is 3.66. The molecule has 4 nitrogen and oxygen atoms in total. The zero-order chi connectivity index (χ0) is 15.2. The largest absolute Gasteiger partial charge is 0.334 e. The molecular formula is C17H23N3O. The van der Waals surface area contributed by atoms with Crippen molar-refractivity contribution in [3.8, 4) is 11.8 Å². The molecule has 1 fully saturated rings. The summed E-state index contributed by atoms with van der Waals surface area (Å²) in [5.74, 6) is 5.91. The number of amides is 1. The van der Waals surface area contributed by atoms with E-state index in [1.807, 2.05) is 43.3 Å². The number of carbonyl (C=O) groups is 1. The lowest BCUT2D eigenvalue weighted by atomic mass is 10.1. The van der Waals surface area contributed by atoms with E-state index < -0.39 is 0 Å². The Morgan fingerprint density at radius 1 is 1.48 bits per heavy atom. The first-order valence-electron chi connectivity index (χ1n) is 7.36. The molecule has 0 bridgehead atoms. The van der Waals surface area contributed by atoms with Crippen molar-refractivity contribution in [3.63, 3.8) is 0 Å². The number of rotatable bonds is 3. The lowest BCUT2D eigenvalue weighted by molar-refractivity contribution is 0.0716. The fourth-order valence-corrected chi connectivity index (χ4v) is 2.76. The number of nitrogens with zero attached hydrogens (tertiary/aromatic N) is 2. The van der Waals surface area contributed by atoms with E-state index in [4.69, 9.17) is 5.73 Å². The molecule has 1 aliphatic rings. The van der Waals surface area contributed by atoms with Crippen molar-refractivity contribution in [3.05, 3.63) is 35.4 Å². The smallest absolute Gasteiger partial charge is 0.254 e. The number of nitrogens with two attached hydrogens (primary N) is 1. The lowest BCUT2D eigenvalue weighted by Crippen LogP contribution is -2.41. The molecule has 0 aliphatic carbocycles. The van der Waals surface area contributed by atoms with Crippen molar-refractivity contribution in [2.45, 2.75) is 18.9 Å². The molecule has 1 amide bonds. The first kappa shape index (κ1) is 15.6. The van der Waals surface area contributed by atoms with Crippen LogP contribution in [0.25, 0.3) is 0 Å². The average molecular weight is 285 g/mol. The molecule has 1 aromatic rings. The van der Waals surface area contributed by atoms with Crippen LogP contribution in [0, 0.1) is 11.8 Å². The van der Waals surface area contributed by atoms with Gasteiger partial charge in [0.15, 0.2) is 0 Å². The molecule has 0 saturated carbocycles. The standard InChI is InChI=1S/C17H23N3O/c1-19(2)13-16-9-5-11-20(16)17(21)15-8-3-6-14(12-15)7-4-10-18/h3,6,8,12,16H,5,9-11,13,18H2,1-2H3. The number of benzene rings is 1. The molecule has 4 heteroatoms. The van der Waals surface area contributed by atoms with E-state index in [1.165, 1.54) is 0 Å². The van der Waals surface area contributed by atoms with Crippen LogP contribution in [0.1, 0.15) is 28.8 Å². The zero-order valence-electron chi connectivity index (χ0n) is 12.8. The van der Waals surface area contributed by atoms with Crippen molar-refractivity contribution in [1.29, 1.82) is 0 Å². The van der Waals surface area contributed by atoms with Gasteiger partial charge in [0.1, 0.15) is 0 Å². The third kappa shape index (κ3) is 4.07. The summed E-state index contributed by atoms with van der Waals surface area (Å²) in [6.07, 6.45) is 2.16. The van der Waals surface area contributed by atoms with Crippen LogP contribution in [0.15, 0.2) is 24.3 Å². The molecule has 1 unspecified atom stereocenters. The van der Waals surface area contributed by atoms with E-state index in [9.17, 15) is 4.79 Å². The van der Waals surface area contributed by atoms with Crippen LogP contribution < -0.4 is 5.73 Å². The van der Waals surface area contributed by atoms with Crippen molar-refractivity contribution in [2.75, 3.05) is 33.7 Å². The fraction of sp³-hybridized carbons (Fsp3) is 0.471. The predicted octanol–water partition coefficient (Wildman–Crippen LogP) is 1.16. The molecule has 0 aromatic heterocycles. The highest BCUT2D eigenvalue weighted by atomic mass is 16.2. The quantitative estimate of drug-likeness (QED) is 0.848. The normalized spacial score (nSPS) is 17.7. The maximum absolute atomic E-state index is 12.7. The highest BCUT2D eigenvalue weighted by molar-refractivity contribution is 5.95. The van der Waals surface area contributed by atoms with Crippen molar-refractivity contribution in [1.82, 2.24) is 9.80 Å². The summed E-state index contributed by atoms with van der Waals surface area (Å²) in [5.41, 5.74) is 6.94. The van der Waals surface area contributed by atoms with Crippen molar-refractivity contribution in [2.24, 2.45) is 5.73 Å². The fourth-order valence-electron chi connectivity index (χ4n) is 2.76. The van der Waals surface area contributed by atoms with E-state index in [-0.39, 0.29) is 5.91 Å². The van der Waals surface area contributed by atoms with Gasteiger partial charge in [-0.25, -0.2) is 0 Å². The molecule has 0 spiro atoms. The first-order chi connectivity index (χ1) is 10.1. The van der Waals surface area contributed by atoms with Gasteiger partial charge in [-0.2, -0.15) is 0 Å². The highest BCUT2D eigenvalue weighted by Gasteiger charge is 2.29. The first-order valence-corrected chi connectivity index (χ1v) is 7.36. The second-order valence-electron chi connectivity index (χ2n) is 5.64.